The summed E-state index contributed by atoms with van der Waals surface area (Å²) >= 11 is 0. The number of amides is 1. The SMILES string of the molecule is CCN(CC)CCOc1ccccc1NC(=O)CCc1c(C)nc(N2CCOCC2)[nH]c1=O. The number of carbonyl (C=O) groups excluding carboxylic acids is 1. The summed E-state index contributed by atoms with van der Waals surface area (Å²) in [6, 6.07) is 7.41. The zero-order valence-corrected chi connectivity index (χ0v) is 19.9. The number of anilines is 2. The molecule has 2 aromatic rings. The maximum Gasteiger partial charge on any atom is 0.255 e. The second-order valence-electron chi connectivity index (χ2n) is 7.97. The van der Waals surface area contributed by atoms with Crippen molar-refractivity contribution in [1.82, 2.24) is 14.9 Å². The smallest absolute Gasteiger partial charge is 0.255 e. The Morgan fingerprint density at radius 3 is 2.67 bits per heavy atom. The molecule has 1 aliphatic rings. The van der Waals surface area contributed by atoms with Crippen LogP contribution in [0.4, 0.5) is 11.6 Å². The number of benzene rings is 1. The van der Waals surface area contributed by atoms with Crippen molar-refractivity contribution in [3.63, 3.8) is 0 Å². The number of rotatable bonds is 11. The summed E-state index contributed by atoms with van der Waals surface area (Å²) in [4.78, 5) is 37.0. The number of nitrogens with zero attached hydrogens (tertiary/aromatic N) is 3. The minimum absolute atomic E-state index is 0.175. The topological polar surface area (TPSA) is 99.8 Å². The highest BCUT2D eigenvalue weighted by atomic mass is 16.5. The number of nitrogens with one attached hydrogen (secondary N) is 2. The van der Waals surface area contributed by atoms with Crippen LogP contribution in [0.2, 0.25) is 0 Å². The van der Waals surface area contributed by atoms with E-state index in [2.05, 4.69) is 34.0 Å². The van der Waals surface area contributed by atoms with Gasteiger partial charge >= 0.3 is 0 Å². The van der Waals surface area contributed by atoms with Gasteiger partial charge in [0.15, 0.2) is 0 Å². The molecule has 33 heavy (non-hydrogen) atoms. The van der Waals surface area contributed by atoms with Crippen LogP contribution in [0.5, 0.6) is 5.75 Å². The van der Waals surface area contributed by atoms with Crippen molar-refractivity contribution in [2.45, 2.75) is 33.6 Å². The summed E-state index contributed by atoms with van der Waals surface area (Å²) in [5.74, 6) is 1.03. The Morgan fingerprint density at radius 2 is 1.97 bits per heavy atom. The number of aromatic nitrogens is 2. The number of hydrogen-bond donors (Lipinski definition) is 2. The molecular weight excluding hydrogens is 422 g/mol. The number of para-hydroxylation sites is 2. The molecule has 0 unspecified atom stereocenters. The van der Waals surface area contributed by atoms with Crippen LogP contribution in [0.1, 0.15) is 31.5 Å². The first kappa shape index (κ1) is 24.7. The van der Waals surface area contributed by atoms with Gasteiger partial charge < -0.3 is 24.6 Å². The van der Waals surface area contributed by atoms with Crippen molar-refractivity contribution in [1.29, 1.82) is 0 Å². The van der Waals surface area contributed by atoms with Gasteiger partial charge in [0.2, 0.25) is 11.9 Å². The average molecular weight is 458 g/mol. The molecule has 1 aromatic heterocycles. The molecule has 1 aliphatic heterocycles. The number of carbonyl (C=O) groups is 1. The van der Waals surface area contributed by atoms with E-state index in [-0.39, 0.29) is 17.9 Å². The first-order valence-electron chi connectivity index (χ1n) is 11.7. The van der Waals surface area contributed by atoms with Crippen molar-refractivity contribution in [3.8, 4) is 5.75 Å². The lowest BCUT2D eigenvalue weighted by molar-refractivity contribution is -0.116. The van der Waals surface area contributed by atoms with Crippen LogP contribution in [0.15, 0.2) is 29.1 Å². The first-order valence-corrected chi connectivity index (χ1v) is 11.7. The molecule has 0 bridgehead atoms. The van der Waals surface area contributed by atoms with Crippen LogP contribution in [0.3, 0.4) is 0 Å². The highest BCUT2D eigenvalue weighted by Gasteiger charge is 2.17. The van der Waals surface area contributed by atoms with Gasteiger partial charge in [0.1, 0.15) is 12.4 Å². The maximum absolute atomic E-state index is 12.6. The fourth-order valence-electron chi connectivity index (χ4n) is 3.79. The minimum atomic E-state index is -0.197. The number of aromatic amines is 1. The summed E-state index contributed by atoms with van der Waals surface area (Å²) in [5.41, 5.74) is 1.62. The molecule has 9 heteroatoms. The van der Waals surface area contributed by atoms with E-state index in [0.717, 1.165) is 19.6 Å². The number of aryl methyl sites for hydroxylation is 1. The molecule has 180 valence electrons. The van der Waals surface area contributed by atoms with Crippen LogP contribution in [0, 0.1) is 6.92 Å². The van der Waals surface area contributed by atoms with E-state index in [0.29, 0.717) is 68.0 Å². The zero-order chi connectivity index (χ0) is 23.6. The predicted octanol–water partition coefficient (Wildman–Crippen LogP) is 2.21. The highest BCUT2D eigenvalue weighted by Crippen LogP contribution is 2.24. The Balaban J connectivity index is 1.57. The molecule has 1 saturated heterocycles. The van der Waals surface area contributed by atoms with Crippen LogP contribution < -0.4 is 20.5 Å². The second kappa shape index (κ2) is 12.4. The number of morpholine rings is 1. The van der Waals surface area contributed by atoms with E-state index in [9.17, 15) is 9.59 Å². The Kier molecular flexibility index (Phi) is 9.26. The molecule has 2 heterocycles. The van der Waals surface area contributed by atoms with Crippen LogP contribution in [-0.4, -0.2) is 73.3 Å². The molecule has 0 atom stereocenters. The Bertz CT molecular complexity index is 968. The number of likely N-dealkylation sites (N-methyl/N-ethyl adjacent to an activating group) is 1. The molecule has 3 rings (SSSR count). The number of H-pyrrole nitrogens is 1. The van der Waals surface area contributed by atoms with E-state index in [1.807, 2.05) is 36.1 Å². The average Bonchev–Trinajstić information content (AvgIpc) is 2.83. The van der Waals surface area contributed by atoms with Gasteiger partial charge in [-0.3, -0.25) is 14.6 Å². The molecule has 1 fully saturated rings. The number of hydrogen-bond acceptors (Lipinski definition) is 7. The highest BCUT2D eigenvalue weighted by molar-refractivity contribution is 5.92. The molecule has 0 saturated carbocycles. The molecule has 9 nitrogen and oxygen atoms in total. The summed E-state index contributed by atoms with van der Waals surface area (Å²) in [6.07, 6.45) is 0.491. The van der Waals surface area contributed by atoms with Crippen LogP contribution in [-0.2, 0) is 16.0 Å². The molecule has 0 radical (unpaired) electrons. The molecule has 1 amide bonds. The fraction of sp³-hybridized carbons (Fsp3) is 0.542. The van der Waals surface area contributed by atoms with Gasteiger partial charge in [-0.2, -0.15) is 0 Å². The van der Waals surface area contributed by atoms with Crippen LogP contribution >= 0.6 is 0 Å². The third-order valence-electron chi connectivity index (χ3n) is 5.84. The second-order valence-corrected chi connectivity index (χ2v) is 7.97. The lowest BCUT2D eigenvalue weighted by Gasteiger charge is -2.27. The minimum Gasteiger partial charge on any atom is -0.490 e. The third-order valence-corrected chi connectivity index (χ3v) is 5.84. The Morgan fingerprint density at radius 1 is 1.24 bits per heavy atom. The monoisotopic (exact) mass is 457 g/mol. The largest absolute Gasteiger partial charge is 0.490 e. The van der Waals surface area contributed by atoms with Gasteiger partial charge in [-0.1, -0.05) is 26.0 Å². The maximum atomic E-state index is 12.6. The lowest BCUT2D eigenvalue weighted by Crippen LogP contribution is -2.38. The normalized spacial score (nSPS) is 13.9. The van der Waals surface area contributed by atoms with E-state index < -0.39 is 0 Å². The lowest BCUT2D eigenvalue weighted by atomic mass is 10.1. The van der Waals surface area contributed by atoms with Gasteiger partial charge in [-0.05, 0) is 38.6 Å². The first-order chi connectivity index (χ1) is 16.0. The van der Waals surface area contributed by atoms with Gasteiger partial charge in [0, 0.05) is 37.3 Å². The van der Waals surface area contributed by atoms with E-state index in [1.54, 1.807) is 0 Å². The summed E-state index contributed by atoms with van der Waals surface area (Å²) < 4.78 is 11.3. The summed E-state index contributed by atoms with van der Waals surface area (Å²) in [5, 5.41) is 2.92. The van der Waals surface area contributed by atoms with Crippen molar-refractivity contribution in [2.75, 3.05) is 62.8 Å². The third kappa shape index (κ3) is 7.03. The molecule has 0 spiro atoms. The summed E-state index contributed by atoms with van der Waals surface area (Å²) in [7, 11) is 0. The van der Waals surface area contributed by atoms with Crippen molar-refractivity contribution in [3.05, 3.63) is 45.9 Å². The van der Waals surface area contributed by atoms with Gasteiger partial charge in [0.25, 0.3) is 5.56 Å². The number of ether oxygens (including phenoxy) is 2. The predicted molar refractivity (Wildman–Crippen MR) is 129 cm³/mol. The van der Waals surface area contributed by atoms with E-state index in [4.69, 9.17) is 9.47 Å². The Labute approximate surface area is 195 Å². The zero-order valence-electron chi connectivity index (χ0n) is 19.9. The molecule has 1 aromatic carbocycles. The molecular formula is C24H35N5O4. The van der Waals surface area contributed by atoms with Crippen molar-refractivity contribution < 1.29 is 14.3 Å². The van der Waals surface area contributed by atoms with Crippen molar-refractivity contribution >= 4 is 17.5 Å². The Hall–Kier alpha value is -2.91. The van der Waals surface area contributed by atoms with E-state index >= 15 is 0 Å². The van der Waals surface area contributed by atoms with Gasteiger partial charge in [0.05, 0.1) is 18.9 Å². The van der Waals surface area contributed by atoms with Gasteiger partial charge in [-0.25, -0.2) is 4.98 Å². The van der Waals surface area contributed by atoms with E-state index in [1.165, 1.54) is 0 Å². The molecule has 0 aliphatic carbocycles. The molecule has 2 N–H and O–H groups in total. The van der Waals surface area contributed by atoms with Crippen molar-refractivity contribution in [2.24, 2.45) is 0 Å². The van der Waals surface area contributed by atoms with Gasteiger partial charge in [-0.15, -0.1) is 0 Å². The fourth-order valence-corrected chi connectivity index (χ4v) is 3.79. The summed E-state index contributed by atoms with van der Waals surface area (Å²) in [6.45, 7) is 12.0. The standard InChI is InChI=1S/C24H35N5O4/c1-4-28(5-2)12-17-33-21-9-7-6-8-20(21)26-22(30)11-10-19-18(3)25-24(27-23(19)31)29-13-15-32-16-14-29/h6-9H,4-5,10-17H2,1-3H3,(H,26,30)(H,25,27,31). The quantitative estimate of drug-likeness (QED) is 0.534. The van der Waals surface area contributed by atoms with Crippen LogP contribution in [0.25, 0.3) is 0 Å².